The van der Waals surface area contributed by atoms with Crippen molar-refractivity contribution < 1.29 is 9.53 Å². The smallest absolute Gasteiger partial charge is 0.134 e. The highest BCUT2D eigenvalue weighted by Crippen LogP contribution is 2.30. The highest BCUT2D eigenvalue weighted by molar-refractivity contribution is 5.78. The van der Waals surface area contributed by atoms with Gasteiger partial charge in [-0.3, -0.25) is 4.79 Å². The van der Waals surface area contributed by atoms with Crippen LogP contribution in [0.1, 0.15) is 25.3 Å². The fourth-order valence-corrected chi connectivity index (χ4v) is 2.96. The number of ether oxygens (including phenoxy) is 1. The van der Waals surface area contributed by atoms with E-state index in [9.17, 15) is 4.79 Å². The first kappa shape index (κ1) is 11.7. The van der Waals surface area contributed by atoms with Gasteiger partial charge in [0.1, 0.15) is 5.78 Å². The second kappa shape index (κ2) is 4.73. The summed E-state index contributed by atoms with van der Waals surface area (Å²) in [6.07, 6.45) is 3.38. The van der Waals surface area contributed by atoms with Gasteiger partial charge in [0.15, 0.2) is 0 Å². The number of morpholine rings is 1. The number of hydrogen-bond acceptors (Lipinski definition) is 3. The number of benzene rings is 1. The first-order valence-electron chi connectivity index (χ1n) is 6.69. The molecular weight excluding hydrogens is 226 g/mol. The van der Waals surface area contributed by atoms with Gasteiger partial charge in [0, 0.05) is 18.7 Å². The summed E-state index contributed by atoms with van der Waals surface area (Å²) in [5, 5.41) is 0. The van der Waals surface area contributed by atoms with E-state index in [0.29, 0.717) is 18.6 Å². The molecule has 3 aliphatic rings. The first-order chi connectivity index (χ1) is 8.72. The molecule has 0 amide bonds. The van der Waals surface area contributed by atoms with Crippen molar-refractivity contribution in [2.75, 3.05) is 18.1 Å². The molecule has 0 N–H and O–H groups in total. The zero-order valence-electron chi connectivity index (χ0n) is 10.8. The second-order valence-electron chi connectivity index (χ2n) is 5.38. The predicted octanol–water partition coefficient (Wildman–Crippen LogP) is 2.19. The van der Waals surface area contributed by atoms with E-state index in [1.807, 2.05) is 0 Å². The molecule has 3 saturated heterocycles. The van der Waals surface area contributed by atoms with E-state index in [1.54, 1.807) is 6.92 Å². The zero-order chi connectivity index (χ0) is 12.5. The Morgan fingerprint density at radius 3 is 2.61 bits per heavy atom. The summed E-state index contributed by atoms with van der Waals surface area (Å²) in [5.41, 5.74) is 2.37. The summed E-state index contributed by atoms with van der Waals surface area (Å²) in [4.78, 5) is 13.5. The number of hydrogen-bond donors (Lipinski definition) is 0. The van der Waals surface area contributed by atoms with Crippen LogP contribution >= 0.6 is 0 Å². The van der Waals surface area contributed by atoms with Crippen molar-refractivity contribution in [3.63, 3.8) is 0 Å². The Labute approximate surface area is 108 Å². The van der Waals surface area contributed by atoms with Gasteiger partial charge in [0.25, 0.3) is 0 Å². The molecule has 0 saturated carbocycles. The van der Waals surface area contributed by atoms with E-state index in [-0.39, 0.29) is 5.78 Å². The second-order valence-corrected chi connectivity index (χ2v) is 5.38. The van der Waals surface area contributed by atoms with Crippen LogP contribution in [0.25, 0.3) is 0 Å². The van der Waals surface area contributed by atoms with E-state index in [1.165, 1.54) is 18.5 Å². The molecule has 1 aromatic rings. The zero-order valence-corrected chi connectivity index (χ0v) is 10.8. The van der Waals surface area contributed by atoms with Gasteiger partial charge in [0.05, 0.1) is 18.8 Å². The maximum Gasteiger partial charge on any atom is 0.134 e. The molecule has 0 spiro atoms. The molecule has 4 rings (SSSR count). The average molecular weight is 245 g/mol. The molecule has 1 aromatic carbocycles. The van der Waals surface area contributed by atoms with Gasteiger partial charge < -0.3 is 9.64 Å². The molecular formula is C15H19NO2. The Hall–Kier alpha value is -1.35. The van der Waals surface area contributed by atoms with Crippen LogP contribution in [-0.2, 0) is 16.0 Å². The minimum absolute atomic E-state index is 0.216. The van der Waals surface area contributed by atoms with Gasteiger partial charge >= 0.3 is 0 Å². The van der Waals surface area contributed by atoms with E-state index in [4.69, 9.17) is 4.74 Å². The number of carbonyl (C=O) groups is 1. The van der Waals surface area contributed by atoms with Crippen LogP contribution in [0.15, 0.2) is 24.3 Å². The van der Waals surface area contributed by atoms with Gasteiger partial charge in [-0.25, -0.2) is 0 Å². The lowest BCUT2D eigenvalue weighted by Crippen LogP contribution is -2.54. The number of Topliss-reactive ketones (excluding diaryl/α,β-unsaturated/α-hetero) is 1. The molecule has 3 aliphatic heterocycles. The monoisotopic (exact) mass is 245 g/mol. The summed E-state index contributed by atoms with van der Waals surface area (Å²) >= 11 is 0. The lowest BCUT2D eigenvalue weighted by atomic mass is 9.96. The molecule has 2 bridgehead atoms. The van der Waals surface area contributed by atoms with Crippen LogP contribution in [0.5, 0.6) is 0 Å². The molecule has 3 nitrogen and oxygen atoms in total. The molecule has 0 aliphatic carbocycles. The number of piperidine rings is 1. The van der Waals surface area contributed by atoms with Crippen LogP contribution in [-0.4, -0.2) is 31.1 Å². The van der Waals surface area contributed by atoms with E-state index in [0.717, 1.165) is 18.7 Å². The Balaban J connectivity index is 1.74. The minimum atomic E-state index is 0.216. The molecule has 3 heterocycles. The van der Waals surface area contributed by atoms with Crippen LogP contribution in [0.2, 0.25) is 0 Å². The normalized spacial score (nSPS) is 26.4. The topological polar surface area (TPSA) is 29.5 Å². The van der Waals surface area contributed by atoms with Gasteiger partial charge in [-0.05, 0) is 37.5 Å². The lowest BCUT2D eigenvalue weighted by Gasteiger charge is -2.46. The fraction of sp³-hybridized carbons (Fsp3) is 0.533. The SMILES string of the molecule is CC(=O)Cc1ccc(N2C[C@@H]3CCC2CO3)cc1. The van der Waals surface area contributed by atoms with Gasteiger partial charge in [-0.15, -0.1) is 0 Å². The maximum absolute atomic E-state index is 11.1. The van der Waals surface area contributed by atoms with Crippen LogP contribution in [0.4, 0.5) is 5.69 Å². The largest absolute Gasteiger partial charge is 0.374 e. The van der Waals surface area contributed by atoms with Crippen LogP contribution in [0, 0.1) is 0 Å². The first-order valence-corrected chi connectivity index (χ1v) is 6.69. The summed E-state index contributed by atoms with van der Waals surface area (Å²) in [5.74, 6) is 0.216. The van der Waals surface area contributed by atoms with Crippen molar-refractivity contribution in [3.05, 3.63) is 29.8 Å². The number of carbonyl (C=O) groups excluding carboxylic acids is 1. The number of ketones is 1. The van der Waals surface area contributed by atoms with Crippen molar-refractivity contribution in [2.24, 2.45) is 0 Å². The van der Waals surface area contributed by atoms with E-state index >= 15 is 0 Å². The summed E-state index contributed by atoms with van der Waals surface area (Å²) in [6.45, 7) is 3.51. The Morgan fingerprint density at radius 2 is 2.11 bits per heavy atom. The molecule has 0 aromatic heterocycles. The number of rotatable bonds is 3. The van der Waals surface area contributed by atoms with Gasteiger partial charge in [-0.1, -0.05) is 12.1 Å². The van der Waals surface area contributed by atoms with Gasteiger partial charge in [0.2, 0.25) is 0 Å². The summed E-state index contributed by atoms with van der Waals surface area (Å²) in [7, 11) is 0. The highest BCUT2D eigenvalue weighted by atomic mass is 16.5. The third-order valence-electron chi connectivity index (χ3n) is 3.91. The van der Waals surface area contributed by atoms with Crippen molar-refractivity contribution in [3.8, 4) is 0 Å². The molecule has 96 valence electrons. The van der Waals surface area contributed by atoms with E-state index < -0.39 is 0 Å². The number of nitrogens with zero attached hydrogens (tertiary/aromatic N) is 1. The Kier molecular flexibility index (Phi) is 3.08. The number of anilines is 1. The number of fused-ring (bicyclic) bond motifs is 3. The average Bonchev–Trinajstić information content (AvgIpc) is 2.40. The molecule has 3 fully saturated rings. The van der Waals surface area contributed by atoms with Crippen molar-refractivity contribution in [1.29, 1.82) is 0 Å². The van der Waals surface area contributed by atoms with E-state index in [2.05, 4.69) is 29.2 Å². The van der Waals surface area contributed by atoms with Crippen LogP contribution in [0.3, 0.4) is 0 Å². The maximum atomic E-state index is 11.1. The third-order valence-corrected chi connectivity index (χ3v) is 3.91. The highest BCUT2D eigenvalue weighted by Gasteiger charge is 2.34. The Bertz CT molecular complexity index is 432. The molecule has 3 heteroatoms. The van der Waals surface area contributed by atoms with Crippen molar-refractivity contribution in [2.45, 2.75) is 38.3 Å². The lowest BCUT2D eigenvalue weighted by molar-refractivity contribution is -0.116. The minimum Gasteiger partial charge on any atom is -0.374 e. The molecule has 18 heavy (non-hydrogen) atoms. The van der Waals surface area contributed by atoms with Gasteiger partial charge in [-0.2, -0.15) is 0 Å². The summed E-state index contributed by atoms with van der Waals surface area (Å²) < 4.78 is 5.72. The molecule has 1 unspecified atom stereocenters. The third kappa shape index (κ3) is 2.27. The predicted molar refractivity (Wildman–Crippen MR) is 70.9 cm³/mol. The molecule has 0 radical (unpaired) electrons. The summed E-state index contributed by atoms with van der Waals surface area (Å²) in [6, 6.07) is 8.95. The fourth-order valence-electron chi connectivity index (χ4n) is 2.96. The van der Waals surface area contributed by atoms with Crippen LogP contribution < -0.4 is 4.90 Å². The van der Waals surface area contributed by atoms with Crippen molar-refractivity contribution in [1.82, 2.24) is 0 Å². The van der Waals surface area contributed by atoms with Crippen molar-refractivity contribution >= 4 is 11.5 Å². The quantitative estimate of drug-likeness (QED) is 0.817. The Morgan fingerprint density at radius 1 is 1.33 bits per heavy atom. The standard InChI is InChI=1S/C15H19NO2/c1-11(17)8-12-2-4-13(5-3-12)16-9-15-7-6-14(16)10-18-15/h2-5,14-15H,6-10H2,1H3/t14?,15-/m0/s1. The molecule has 2 atom stereocenters.